The van der Waals surface area contributed by atoms with E-state index in [1.807, 2.05) is 31.2 Å². The van der Waals surface area contributed by atoms with Gasteiger partial charge in [-0.1, -0.05) is 30.3 Å². The zero-order valence-electron chi connectivity index (χ0n) is 17.4. The number of hydrogen-bond donors (Lipinski definition) is 1. The Morgan fingerprint density at radius 1 is 0.969 bits per heavy atom. The average Bonchev–Trinajstić information content (AvgIpc) is 2.82. The number of pyridine rings is 1. The molecule has 5 nitrogen and oxygen atoms in total. The van der Waals surface area contributed by atoms with Gasteiger partial charge in [0.05, 0.1) is 18.1 Å². The monoisotopic (exact) mass is 434 g/mol. The van der Waals surface area contributed by atoms with Crippen molar-refractivity contribution in [3.8, 4) is 11.5 Å². The lowest BCUT2D eigenvalue weighted by Crippen LogP contribution is -2.09. The highest BCUT2D eigenvalue weighted by atomic mass is 19.2. The van der Waals surface area contributed by atoms with Crippen LogP contribution >= 0.6 is 0 Å². The molecule has 0 aliphatic carbocycles. The summed E-state index contributed by atoms with van der Waals surface area (Å²) in [6.45, 7) is 1.95. The Kier molecular flexibility index (Phi) is 5.98. The van der Waals surface area contributed by atoms with E-state index in [9.17, 15) is 13.6 Å². The van der Waals surface area contributed by atoms with Gasteiger partial charge in [-0.2, -0.15) is 4.39 Å². The van der Waals surface area contributed by atoms with Crippen LogP contribution in [0.2, 0.25) is 0 Å². The molecule has 0 saturated carbocycles. The number of esters is 1. The van der Waals surface area contributed by atoms with Gasteiger partial charge in [0.15, 0.2) is 11.6 Å². The van der Waals surface area contributed by atoms with E-state index >= 15 is 0 Å². The standard InChI is InChI=1S/C25H20F2N2O3/c1-15(16-9-11-18(12-10-16)25(30)31-2)29-24-22-17(13-14-28-24)5-3-7-20(22)32-21-8-4-6-19(26)23(21)27/h3-15H,1-2H3,(H,28,29)/t15-/m0/s1. The van der Waals surface area contributed by atoms with Crippen molar-refractivity contribution in [2.75, 3.05) is 12.4 Å². The number of benzene rings is 3. The van der Waals surface area contributed by atoms with Gasteiger partial charge in [-0.05, 0) is 54.3 Å². The maximum atomic E-state index is 14.2. The second kappa shape index (κ2) is 9.01. The van der Waals surface area contributed by atoms with Crippen molar-refractivity contribution in [3.63, 3.8) is 0 Å². The first-order chi connectivity index (χ1) is 15.5. The number of ether oxygens (including phenoxy) is 2. The summed E-state index contributed by atoms with van der Waals surface area (Å²) in [7, 11) is 1.34. The summed E-state index contributed by atoms with van der Waals surface area (Å²) in [6.07, 6.45) is 1.66. The molecule has 0 bridgehead atoms. The Morgan fingerprint density at radius 3 is 2.44 bits per heavy atom. The van der Waals surface area contributed by atoms with E-state index in [4.69, 9.17) is 9.47 Å². The van der Waals surface area contributed by atoms with Crippen LogP contribution in [-0.4, -0.2) is 18.1 Å². The van der Waals surface area contributed by atoms with E-state index < -0.39 is 17.6 Å². The molecule has 3 aromatic carbocycles. The molecule has 0 amide bonds. The fraction of sp³-hybridized carbons (Fsp3) is 0.120. The van der Waals surface area contributed by atoms with E-state index in [1.54, 1.807) is 30.5 Å². The zero-order chi connectivity index (χ0) is 22.7. The quantitative estimate of drug-likeness (QED) is 0.363. The first kappa shape index (κ1) is 21.2. The fourth-order valence-corrected chi connectivity index (χ4v) is 3.39. The molecule has 7 heteroatoms. The predicted octanol–water partition coefficient (Wildman–Crippen LogP) is 6.27. The van der Waals surface area contributed by atoms with Crippen molar-refractivity contribution in [1.82, 2.24) is 4.98 Å². The summed E-state index contributed by atoms with van der Waals surface area (Å²) in [4.78, 5) is 16.1. The summed E-state index contributed by atoms with van der Waals surface area (Å²) >= 11 is 0. The second-order valence-electron chi connectivity index (χ2n) is 7.15. The highest BCUT2D eigenvalue weighted by molar-refractivity contribution is 5.97. The molecule has 0 aliphatic heterocycles. The van der Waals surface area contributed by atoms with Crippen LogP contribution in [-0.2, 0) is 4.74 Å². The molecule has 162 valence electrons. The van der Waals surface area contributed by atoms with Crippen molar-refractivity contribution < 1.29 is 23.0 Å². The number of nitrogens with one attached hydrogen (secondary N) is 1. The van der Waals surface area contributed by atoms with Gasteiger partial charge in [0.1, 0.15) is 11.6 Å². The number of rotatable bonds is 6. The van der Waals surface area contributed by atoms with E-state index in [0.717, 1.165) is 17.0 Å². The number of hydrogen-bond acceptors (Lipinski definition) is 5. The van der Waals surface area contributed by atoms with Crippen LogP contribution in [0.3, 0.4) is 0 Å². The molecular formula is C25H20F2N2O3. The molecule has 4 aromatic rings. The normalized spacial score (nSPS) is 11.8. The highest BCUT2D eigenvalue weighted by Crippen LogP contribution is 2.36. The average molecular weight is 434 g/mol. The van der Waals surface area contributed by atoms with Gasteiger partial charge < -0.3 is 14.8 Å². The molecule has 4 rings (SSSR count). The molecule has 0 saturated heterocycles. The maximum absolute atomic E-state index is 14.2. The molecule has 0 unspecified atom stereocenters. The van der Waals surface area contributed by atoms with Crippen LogP contribution in [0.1, 0.15) is 28.9 Å². The number of fused-ring (bicyclic) bond motifs is 1. The Labute approximate surface area is 183 Å². The minimum absolute atomic E-state index is 0.168. The molecular weight excluding hydrogens is 414 g/mol. The second-order valence-corrected chi connectivity index (χ2v) is 7.15. The number of halogens is 2. The van der Waals surface area contributed by atoms with E-state index in [1.165, 1.54) is 19.2 Å². The largest absolute Gasteiger partial charge is 0.465 e. The van der Waals surface area contributed by atoms with Gasteiger partial charge in [0.2, 0.25) is 5.82 Å². The van der Waals surface area contributed by atoms with Crippen LogP contribution in [0.25, 0.3) is 10.8 Å². The molecule has 1 atom stereocenters. The van der Waals surface area contributed by atoms with Crippen LogP contribution in [0.5, 0.6) is 11.5 Å². The third-order valence-electron chi connectivity index (χ3n) is 5.07. The maximum Gasteiger partial charge on any atom is 0.337 e. The minimum Gasteiger partial charge on any atom is -0.465 e. The van der Waals surface area contributed by atoms with Gasteiger partial charge >= 0.3 is 5.97 Å². The van der Waals surface area contributed by atoms with Crippen molar-refractivity contribution >= 4 is 22.6 Å². The molecule has 1 aromatic heterocycles. The van der Waals surface area contributed by atoms with Crippen molar-refractivity contribution in [3.05, 3.63) is 95.7 Å². The van der Waals surface area contributed by atoms with E-state index in [-0.39, 0.29) is 11.8 Å². The predicted molar refractivity (Wildman–Crippen MR) is 118 cm³/mol. The summed E-state index contributed by atoms with van der Waals surface area (Å²) in [5, 5.41) is 4.80. The molecule has 0 radical (unpaired) electrons. The van der Waals surface area contributed by atoms with Gasteiger partial charge in [0.25, 0.3) is 0 Å². The van der Waals surface area contributed by atoms with Crippen molar-refractivity contribution in [1.29, 1.82) is 0 Å². The molecule has 0 spiro atoms. The first-order valence-corrected chi connectivity index (χ1v) is 9.92. The zero-order valence-corrected chi connectivity index (χ0v) is 17.4. The summed E-state index contributed by atoms with van der Waals surface area (Å²) in [6, 6.07) is 17.8. The highest BCUT2D eigenvalue weighted by Gasteiger charge is 2.16. The number of aromatic nitrogens is 1. The third-order valence-corrected chi connectivity index (χ3v) is 5.07. The Balaban J connectivity index is 1.67. The molecule has 0 aliphatic rings. The molecule has 0 fully saturated rings. The number of nitrogens with zero attached hydrogens (tertiary/aromatic N) is 1. The van der Waals surface area contributed by atoms with Gasteiger partial charge in [-0.15, -0.1) is 0 Å². The number of anilines is 1. The van der Waals surface area contributed by atoms with Gasteiger partial charge in [-0.25, -0.2) is 14.2 Å². The van der Waals surface area contributed by atoms with E-state index in [2.05, 4.69) is 10.3 Å². The summed E-state index contributed by atoms with van der Waals surface area (Å²) < 4.78 is 38.3. The van der Waals surface area contributed by atoms with Crippen molar-refractivity contribution in [2.45, 2.75) is 13.0 Å². The lowest BCUT2D eigenvalue weighted by atomic mass is 10.1. The fourth-order valence-electron chi connectivity index (χ4n) is 3.39. The summed E-state index contributed by atoms with van der Waals surface area (Å²) in [5.74, 6) is -1.78. The first-order valence-electron chi connectivity index (χ1n) is 9.92. The van der Waals surface area contributed by atoms with Crippen LogP contribution in [0, 0.1) is 11.6 Å². The van der Waals surface area contributed by atoms with Crippen LogP contribution < -0.4 is 10.1 Å². The lowest BCUT2D eigenvalue weighted by Gasteiger charge is -2.18. The van der Waals surface area contributed by atoms with Crippen LogP contribution in [0.15, 0.2) is 72.9 Å². The topological polar surface area (TPSA) is 60.5 Å². The lowest BCUT2D eigenvalue weighted by molar-refractivity contribution is 0.0600. The summed E-state index contributed by atoms with van der Waals surface area (Å²) in [5.41, 5.74) is 1.38. The third kappa shape index (κ3) is 4.23. The molecule has 1 N–H and O–H groups in total. The smallest absolute Gasteiger partial charge is 0.337 e. The molecule has 32 heavy (non-hydrogen) atoms. The Hall–Kier alpha value is -4.00. The van der Waals surface area contributed by atoms with Crippen LogP contribution in [0.4, 0.5) is 14.6 Å². The van der Waals surface area contributed by atoms with Crippen molar-refractivity contribution in [2.24, 2.45) is 0 Å². The SMILES string of the molecule is COC(=O)c1ccc([C@H](C)Nc2nccc3cccc(Oc4cccc(F)c4F)c23)cc1. The molecule has 1 heterocycles. The number of methoxy groups -OCH3 is 1. The Bertz CT molecular complexity index is 1270. The van der Waals surface area contributed by atoms with E-state index in [0.29, 0.717) is 22.5 Å². The Morgan fingerprint density at radius 2 is 1.69 bits per heavy atom. The number of carbonyl (C=O) groups excluding carboxylic acids is 1. The van der Waals surface area contributed by atoms with Gasteiger partial charge in [0, 0.05) is 12.2 Å². The number of carbonyl (C=O) groups is 1. The minimum atomic E-state index is -1.05. The van der Waals surface area contributed by atoms with Gasteiger partial charge in [-0.3, -0.25) is 0 Å².